The number of hydrogen-bond donors (Lipinski definition) is 2. The largest absolute Gasteiger partial charge is 0.497 e. The van der Waals surface area contributed by atoms with Crippen LogP contribution in [0.5, 0.6) is 11.5 Å². The minimum absolute atomic E-state index is 0.144. The Morgan fingerprint density at radius 1 is 0.893 bits per heavy atom. The van der Waals surface area contributed by atoms with Gasteiger partial charge in [-0.3, -0.25) is 10.1 Å². The molecule has 5 nitrogen and oxygen atoms in total. The van der Waals surface area contributed by atoms with Gasteiger partial charge in [-0.25, -0.2) is 0 Å². The monoisotopic (exact) mass is 376 g/mol. The van der Waals surface area contributed by atoms with E-state index in [0.29, 0.717) is 18.0 Å². The average molecular weight is 376 g/mol. The number of para-hydroxylation sites is 1. The number of hydrogen-bond acceptors (Lipinski definition) is 4. The molecule has 3 aromatic carbocycles. The Bertz CT molecular complexity index is 912. The summed E-state index contributed by atoms with van der Waals surface area (Å²) in [5.41, 5.74) is 2.56. The van der Waals surface area contributed by atoms with Crippen LogP contribution in [-0.4, -0.2) is 20.1 Å². The van der Waals surface area contributed by atoms with Crippen molar-refractivity contribution in [2.45, 2.75) is 12.6 Å². The predicted molar refractivity (Wildman–Crippen MR) is 111 cm³/mol. The minimum Gasteiger partial charge on any atom is -0.497 e. The molecule has 0 spiro atoms. The quantitative estimate of drug-likeness (QED) is 0.619. The first-order chi connectivity index (χ1) is 13.7. The van der Waals surface area contributed by atoms with Crippen LogP contribution in [0, 0.1) is 0 Å². The van der Waals surface area contributed by atoms with Crippen molar-refractivity contribution >= 4 is 11.6 Å². The number of ether oxygens (including phenoxy) is 2. The topological polar surface area (TPSA) is 59.6 Å². The van der Waals surface area contributed by atoms with E-state index in [0.717, 1.165) is 16.9 Å². The molecule has 0 heterocycles. The number of carbonyl (C=O) groups excluding carboxylic acids is 1. The Morgan fingerprint density at radius 2 is 1.64 bits per heavy atom. The van der Waals surface area contributed by atoms with E-state index in [1.807, 2.05) is 72.8 Å². The number of rotatable bonds is 8. The third-order valence-electron chi connectivity index (χ3n) is 4.42. The number of amides is 1. The highest BCUT2D eigenvalue weighted by Crippen LogP contribution is 2.22. The highest BCUT2D eigenvalue weighted by Gasteiger charge is 2.21. The van der Waals surface area contributed by atoms with Crippen molar-refractivity contribution in [1.82, 2.24) is 5.32 Å². The summed E-state index contributed by atoms with van der Waals surface area (Å²) in [5.74, 6) is 1.33. The molecule has 0 aliphatic carbocycles. The number of carbonyl (C=O) groups is 1. The second-order valence-electron chi connectivity index (χ2n) is 6.26. The maximum Gasteiger partial charge on any atom is 0.246 e. The third-order valence-corrected chi connectivity index (χ3v) is 4.42. The molecule has 0 saturated carbocycles. The van der Waals surface area contributed by atoms with Crippen molar-refractivity contribution in [2.24, 2.45) is 0 Å². The second-order valence-corrected chi connectivity index (χ2v) is 6.26. The van der Waals surface area contributed by atoms with E-state index >= 15 is 0 Å². The van der Waals surface area contributed by atoms with Gasteiger partial charge in [-0.15, -0.1) is 0 Å². The fourth-order valence-corrected chi connectivity index (χ4v) is 2.98. The third kappa shape index (κ3) is 4.90. The van der Waals surface area contributed by atoms with Gasteiger partial charge in [-0.1, -0.05) is 54.6 Å². The van der Waals surface area contributed by atoms with Crippen molar-refractivity contribution in [2.75, 3.05) is 19.5 Å². The number of methoxy groups -OCH3 is 2. The van der Waals surface area contributed by atoms with Crippen LogP contribution in [0.1, 0.15) is 17.2 Å². The summed E-state index contributed by atoms with van der Waals surface area (Å²) in [6.07, 6.45) is 0. The molecule has 1 atom stereocenters. The van der Waals surface area contributed by atoms with E-state index in [1.54, 1.807) is 20.3 Å². The van der Waals surface area contributed by atoms with Crippen molar-refractivity contribution < 1.29 is 14.3 Å². The average Bonchev–Trinajstić information content (AvgIpc) is 2.75. The van der Waals surface area contributed by atoms with Crippen LogP contribution < -0.4 is 20.1 Å². The Morgan fingerprint density at radius 3 is 2.39 bits per heavy atom. The van der Waals surface area contributed by atoms with Crippen molar-refractivity contribution in [3.8, 4) is 11.5 Å². The molecule has 0 saturated heterocycles. The summed E-state index contributed by atoms with van der Waals surface area (Å²) >= 11 is 0. The fourth-order valence-electron chi connectivity index (χ4n) is 2.98. The van der Waals surface area contributed by atoms with E-state index in [2.05, 4.69) is 10.6 Å². The lowest BCUT2D eigenvalue weighted by atomic mass is 10.1. The summed E-state index contributed by atoms with van der Waals surface area (Å²) in [6.45, 7) is 0.495. The first-order valence-corrected chi connectivity index (χ1v) is 9.06. The van der Waals surface area contributed by atoms with Gasteiger partial charge in [0.1, 0.15) is 17.5 Å². The van der Waals surface area contributed by atoms with Crippen molar-refractivity contribution in [3.05, 3.63) is 90.0 Å². The van der Waals surface area contributed by atoms with Crippen LogP contribution >= 0.6 is 0 Å². The molecule has 0 fully saturated rings. The van der Waals surface area contributed by atoms with Gasteiger partial charge < -0.3 is 14.8 Å². The minimum atomic E-state index is -0.516. The molecule has 0 aliphatic rings. The fraction of sp³-hybridized carbons (Fsp3) is 0.174. The number of anilines is 1. The first kappa shape index (κ1) is 19.5. The second kappa shape index (κ2) is 9.58. The molecule has 0 bridgehead atoms. The summed E-state index contributed by atoms with van der Waals surface area (Å²) < 4.78 is 10.6. The summed E-state index contributed by atoms with van der Waals surface area (Å²) in [7, 11) is 3.24. The molecule has 3 aromatic rings. The van der Waals surface area contributed by atoms with E-state index in [1.165, 1.54) is 0 Å². The first-order valence-electron chi connectivity index (χ1n) is 9.06. The van der Waals surface area contributed by atoms with E-state index in [-0.39, 0.29) is 5.91 Å². The zero-order valence-corrected chi connectivity index (χ0v) is 16.0. The summed E-state index contributed by atoms with van der Waals surface area (Å²) in [4.78, 5) is 13.0. The van der Waals surface area contributed by atoms with Crippen LogP contribution in [0.25, 0.3) is 0 Å². The standard InChI is InChI=1S/C23H24N2O3/c1-27-20-13-8-12-19(15-20)25-23(26)22(17-9-4-3-5-10-17)24-16-18-11-6-7-14-21(18)28-2/h3-15,22,24H,16H2,1-2H3,(H,25,26)/t22-/m1/s1. The zero-order valence-electron chi connectivity index (χ0n) is 16.0. The van der Waals surface area contributed by atoms with E-state index < -0.39 is 6.04 Å². The van der Waals surface area contributed by atoms with Gasteiger partial charge >= 0.3 is 0 Å². The van der Waals surface area contributed by atoms with Crippen LogP contribution in [0.3, 0.4) is 0 Å². The molecular weight excluding hydrogens is 352 g/mol. The molecular formula is C23H24N2O3. The lowest BCUT2D eigenvalue weighted by Gasteiger charge is -2.20. The van der Waals surface area contributed by atoms with E-state index in [4.69, 9.17) is 9.47 Å². The van der Waals surface area contributed by atoms with E-state index in [9.17, 15) is 4.79 Å². The molecule has 2 N–H and O–H groups in total. The Balaban J connectivity index is 1.79. The molecule has 144 valence electrons. The highest BCUT2D eigenvalue weighted by molar-refractivity contribution is 5.95. The maximum absolute atomic E-state index is 13.0. The Hall–Kier alpha value is -3.31. The Kier molecular flexibility index (Phi) is 6.65. The summed E-state index contributed by atoms with van der Waals surface area (Å²) in [5, 5.41) is 6.32. The predicted octanol–water partition coefficient (Wildman–Crippen LogP) is 4.17. The van der Waals surface area contributed by atoms with Crippen molar-refractivity contribution in [1.29, 1.82) is 0 Å². The molecule has 0 aromatic heterocycles. The molecule has 0 aliphatic heterocycles. The van der Waals surface area contributed by atoms with Crippen molar-refractivity contribution in [3.63, 3.8) is 0 Å². The van der Waals surface area contributed by atoms with Gasteiger partial charge in [-0.2, -0.15) is 0 Å². The van der Waals surface area contributed by atoms with Crippen LogP contribution in [0.15, 0.2) is 78.9 Å². The smallest absolute Gasteiger partial charge is 0.246 e. The zero-order chi connectivity index (χ0) is 19.8. The van der Waals surface area contributed by atoms with Crippen LogP contribution in [0.2, 0.25) is 0 Å². The molecule has 3 rings (SSSR count). The van der Waals surface area contributed by atoms with Gasteiger partial charge in [-0.05, 0) is 23.8 Å². The van der Waals surface area contributed by atoms with Gasteiger partial charge in [0.2, 0.25) is 5.91 Å². The van der Waals surface area contributed by atoms with Crippen LogP contribution in [-0.2, 0) is 11.3 Å². The van der Waals surface area contributed by atoms with Gasteiger partial charge in [0.25, 0.3) is 0 Å². The lowest BCUT2D eigenvalue weighted by molar-refractivity contribution is -0.118. The van der Waals surface area contributed by atoms with Crippen LogP contribution in [0.4, 0.5) is 5.69 Å². The molecule has 28 heavy (non-hydrogen) atoms. The Labute approximate surface area is 165 Å². The van der Waals surface area contributed by atoms with Gasteiger partial charge in [0.15, 0.2) is 0 Å². The highest BCUT2D eigenvalue weighted by atomic mass is 16.5. The van der Waals surface area contributed by atoms with Gasteiger partial charge in [0.05, 0.1) is 14.2 Å². The molecule has 1 amide bonds. The number of benzene rings is 3. The summed E-state index contributed by atoms with van der Waals surface area (Å²) in [6, 6.07) is 24.2. The van der Waals surface area contributed by atoms with Gasteiger partial charge in [0, 0.05) is 23.9 Å². The maximum atomic E-state index is 13.0. The lowest BCUT2D eigenvalue weighted by Crippen LogP contribution is -2.32. The molecule has 0 radical (unpaired) electrons. The number of nitrogens with one attached hydrogen (secondary N) is 2. The molecule has 0 unspecified atom stereocenters. The normalized spacial score (nSPS) is 11.5. The SMILES string of the molecule is COc1cccc(NC(=O)[C@H](NCc2ccccc2OC)c2ccccc2)c1. The molecule has 5 heteroatoms.